The molecule has 1 fully saturated rings. The van der Waals surface area contributed by atoms with E-state index in [4.69, 9.17) is 9.47 Å². The van der Waals surface area contributed by atoms with E-state index in [9.17, 15) is 14.4 Å². The molecule has 3 rings (SSSR count). The van der Waals surface area contributed by atoms with Gasteiger partial charge in [0.2, 0.25) is 0 Å². The van der Waals surface area contributed by atoms with E-state index < -0.39 is 12.0 Å². The van der Waals surface area contributed by atoms with Crippen molar-refractivity contribution in [1.29, 1.82) is 0 Å². The standard InChI is InChI=1S/C26H39N5O5/c1-7-36-23(32)21-19(17-30-13-10-14-31(16-15-30)25(34)28-26(2,3)4)29(5)24(33)27-22(21)18-11-8-9-12-20(18)35-6/h8-9,11-12,22H,7,10,13-17H2,1-6H3,(H,27,33)(H,28,34)/t22-/m1/s1. The highest BCUT2D eigenvalue weighted by Crippen LogP contribution is 2.35. The number of amides is 4. The largest absolute Gasteiger partial charge is 0.496 e. The lowest BCUT2D eigenvalue weighted by atomic mass is 9.93. The molecule has 1 saturated heterocycles. The number of hydrogen-bond acceptors (Lipinski definition) is 6. The van der Waals surface area contributed by atoms with E-state index in [0.717, 1.165) is 13.0 Å². The molecule has 198 valence electrons. The summed E-state index contributed by atoms with van der Waals surface area (Å²) in [6.07, 6.45) is 0.783. The number of methoxy groups -OCH3 is 1. The van der Waals surface area contributed by atoms with E-state index in [1.807, 2.05) is 43.9 Å². The normalized spacial score (nSPS) is 19.5. The zero-order chi connectivity index (χ0) is 26.5. The SMILES string of the molecule is CCOC(=O)C1=C(CN2CCCN(C(=O)NC(C)(C)C)CC2)N(C)C(=O)N[C@@H]1c1ccccc1OC. The molecule has 2 aliphatic heterocycles. The molecule has 0 aromatic heterocycles. The molecule has 1 aromatic rings. The number of likely N-dealkylation sites (N-methyl/N-ethyl adjacent to an activating group) is 1. The van der Waals surface area contributed by atoms with Crippen LogP contribution in [0.25, 0.3) is 0 Å². The average molecular weight is 502 g/mol. The summed E-state index contributed by atoms with van der Waals surface area (Å²) in [6, 6.07) is 6.22. The number of ether oxygens (including phenoxy) is 2. The molecular weight excluding hydrogens is 462 g/mol. The second-order valence-corrected chi connectivity index (χ2v) is 10.1. The number of para-hydroxylation sites is 1. The molecule has 10 nitrogen and oxygen atoms in total. The summed E-state index contributed by atoms with van der Waals surface area (Å²) < 4.78 is 11.0. The van der Waals surface area contributed by atoms with Gasteiger partial charge in [0.15, 0.2) is 0 Å². The lowest BCUT2D eigenvalue weighted by molar-refractivity contribution is -0.139. The van der Waals surface area contributed by atoms with Gasteiger partial charge in [-0.1, -0.05) is 18.2 Å². The number of rotatable bonds is 6. The van der Waals surface area contributed by atoms with Crippen LogP contribution in [0.2, 0.25) is 0 Å². The second-order valence-electron chi connectivity index (χ2n) is 10.1. The number of esters is 1. The van der Waals surface area contributed by atoms with Crippen molar-refractivity contribution in [3.8, 4) is 5.75 Å². The van der Waals surface area contributed by atoms with Gasteiger partial charge in [0.1, 0.15) is 5.75 Å². The van der Waals surface area contributed by atoms with Crippen molar-refractivity contribution in [2.45, 2.75) is 45.7 Å². The zero-order valence-corrected chi connectivity index (χ0v) is 22.2. The molecule has 2 N–H and O–H groups in total. The van der Waals surface area contributed by atoms with Crippen LogP contribution in [0.4, 0.5) is 9.59 Å². The maximum atomic E-state index is 13.2. The monoisotopic (exact) mass is 501 g/mol. The maximum Gasteiger partial charge on any atom is 0.338 e. The van der Waals surface area contributed by atoms with Gasteiger partial charge in [-0.05, 0) is 40.2 Å². The molecule has 0 radical (unpaired) electrons. The van der Waals surface area contributed by atoms with E-state index in [-0.39, 0.29) is 24.2 Å². The Kier molecular flexibility index (Phi) is 8.84. The molecule has 1 atom stereocenters. The van der Waals surface area contributed by atoms with E-state index in [1.54, 1.807) is 27.1 Å². The number of carbonyl (C=O) groups excluding carboxylic acids is 3. The van der Waals surface area contributed by atoms with Gasteiger partial charge >= 0.3 is 18.0 Å². The van der Waals surface area contributed by atoms with Gasteiger partial charge in [-0.3, -0.25) is 9.80 Å². The topological polar surface area (TPSA) is 103 Å². The van der Waals surface area contributed by atoms with Crippen LogP contribution < -0.4 is 15.4 Å². The van der Waals surface area contributed by atoms with Gasteiger partial charge in [-0.15, -0.1) is 0 Å². The molecule has 10 heteroatoms. The number of carbonyl (C=O) groups is 3. The third-order valence-electron chi connectivity index (χ3n) is 6.25. The lowest BCUT2D eigenvalue weighted by Crippen LogP contribution is -2.50. The minimum atomic E-state index is -0.708. The molecule has 0 unspecified atom stereocenters. The molecule has 1 aromatic carbocycles. The van der Waals surface area contributed by atoms with Crippen LogP contribution in [-0.4, -0.2) is 91.8 Å². The fourth-order valence-electron chi connectivity index (χ4n) is 4.48. The van der Waals surface area contributed by atoms with Gasteiger partial charge in [0, 0.05) is 56.6 Å². The van der Waals surface area contributed by atoms with Crippen molar-refractivity contribution in [2.24, 2.45) is 0 Å². The predicted octanol–water partition coefficient (Wildman–Crippen LogP) is 2.72. The lowest BCUT2D eigenvalue weighted by Gasteiger charge is -2.37. The summed E-state index contributed by atoms with van der Waals surface area (Å²) in [5.41, 5.74) is 1.34. The summed E-state index contributed by atoms with van der Waals surface area (Å²) in [6.45, 7) is 10.8. The first-order valence-electron chi connectivity index (χ1n) is 12.4. The van der Waals surface area contributed by atoms with Crippen LogP contribution in [0, 0.1) is 0 Å². The Morgan fingerprint density at radius 2 is 1.86 bits per heavy atom. The Morgan fingerprint density at radius 1 is 1.14 bits per heavy atom. The highest BCUT2D eigenvalue weighted by Gasteiger charge is 2.38. The van der Waals surface area contributed by atoms with Crippen LogP contribution >= 0.6 is 0 Å². The third kappa shape index (κ3) is 6.48. The molecule has 2 aliphatic rings. The fraction of sp³-hybridized carbons (Fsp3) is 0.577. The van der Waals surface area contributed by atoms with Gasteiger partial charge < -0.3 is 25.0 Å². The van der Waals surface area contributed by atoms with Crippen LogP contribution in [0.3, 0.4) is 0 Å². The van der Waals surface area contributed by atoms with Crippen LogP contribution in [0.5, 0.6) is 5.75 Å². The van der Waals surface area contributed by atoms with Crippen LogP contribution in [-0.2, 0) is 9.53 Å². The van der Waals surface area contributed by atoms with Crippen molar-refractivity contribution < 1.29 is 23.9 Å². The first-order chi connectivity index (χ1) is 17.1. The first-order valence-corrected chi connectivity index (χ1v) is 12.4. The van der Waals surface area contributed by atoms with E-state index in [1.165, 1.54) is 4.90 Å². The number of nitrogens with zero attached hydrogens (tertiary/aromatic N) is 3. The zero-order valence-electron chi connectivity index (χ0n) is 22.2. The van der Waals surface area contributed by atoms with Crippen LogP contribution in [0.1, 0.15) is 45.7 Å². The number of urea groups is 2. The molecule has 36 heavy (non-hydrogen) atoms. The average Bonchev–Trinajstić information content (AvgIpc) is 3.06. The second kappa shape index (κ2) is 11.6. The summed E-state index contributed by atoms with van der Waals surface area (Å²) in [7, 11) is 3.21. The van der Waals surface area contributed by atoms with Gasteiger partial charge in [0.05, 0.1) is 25.3 Å². The smallest absolute Gasteiger partial charge is 0.338 e. The molecular formula is C26H39N5O5. The highest BCUT2D eigenvalue weighted by molar-refractivity contribution is 5.95. The predicted molar refractivity (Wildman–Crippen MR) is 137 cm³/mol. The Bertz CT molecular complexity index is 1000. The first kappa shape index (κ1) is 27.3. The molecule has 0 aliphatic carbocycles. The third-order valence-corrected chi connectivity index (χ3v) is 6.25. The minimum absolute atomic E-state index is 0.0822. The van der Waals surface area contributed by atoms with E-state index in [0.29, 0.717) is 48.8 Å². The molecule has 0 saturated carbocycles. The Balaban J connectivity index is 1.91. The maximum absolute atomic E-state index is 13.2. The van der Waals surface area contributed by atoms with Crippen molar-refractivity contribution in [1.82, 2.24) is 25.3 Å². The Hall–Kier alpha value is -3.27. The van der Waals surface area contributed by atoms with Crippen molar-refractivity contribution in [3.63, 3.8) is 0 Å². The summed E-state index contributed by atoms with van der Waals surface area (Å²) in [5.74, 6) is 0.0973. The summed E-state index contributed by atoms with van der Waals surface area (Å²) >= 11 is 0. The number of hydrogen-bond donors (Lipinski definition) is 2. The quantitative estimate of drug-likeness (QED) is 0.581. The Morgan fingerprint density at radius 3 is 2.53 bits per heavy atom. The molecule has 0 bridgehead atoms. The van der Waals surface area contributed by atoms with Crippen molar-refractivity contribution in [2.75, 3.05) is 53.5 Å². The summed E-state index contributed by atoms with van der Waals surface area (Å²) in [4.78, 5) is 44.4. The van der Waals surface area contributed by atoms with E-state index >= 15 is 0 Å². The Labute approximate surface area is 213 Å². The molecule has 0 spiro atoms. The number of benzene rings is 1. The van der Waals surface area contributed by atoms with Gasteiger partial charge in [-0.2, -0.15) is 0 Å². The highest BCUT2D eigenvalue weighted by atomic mass is 16.5. The minimum Gasteiger partial charge on any atom is -0.496 e. The van der Waals surface area contributed by atoms with Crippen molar-refractivity contribution in [3.05, 3.63) is 41.1 Å². The van der Waals surface area contributed by atoms with Crippen LogP contribution in [0.15, 0.2) is 35.5 Å². The number of nitrogens with one attached hydrogen (secondary N) is 2. The van der Waals surface area contributed by atoms with Crippen molar-refractivity contribution >= 4 is 18.0 Å². The van der Waals surface area contributed by atoms with E-state index in [2.05, 4.69) is 15.5 Å². The fourth-order valence-corrected chi connectivity index (χ4v) is 4.48. The molecule has 2 heterocycles. The van der Waals surface area contributed by atoms with Gasteiger partial charge in [0.25, 0.3) is 0 Å². The van der Waals surface area contributed by atoms with Gasteiger partial charge in [-0.25, -0.2) is 14.4 Å². The molecule has 4 amide bonds. The summed E-state index contributed by atoms with van der Waals surface area (Å²) in [5, 5.41) is 5.96.